The van der Waals surface area contributed by atoms with Crippen LogP contribution >= 0.6 is 11.8 Å². The molecule has 0 unspecified atom stereocenters. The van der Waals surface area contributed by atoms with Crippen LogP contribution in [0, 0.1) is 0 Å². The topological polar surface area (TPSA) is 66.7 Å². The van der Waals surface area contributed by atoms with Crippen molar-refractivity contribution >= 4 is 33.3 Å². The molecule has 0 amide bonds. The summed E-state index contributed by atoms with van der Waals surface area (Å²) in [5, 5.41) is 0. The van der Waals surface area contributed by atoms with Crippen molar-refractivity contribution in [3.05, 3.63) is 69.5 Å². The molecule has 2 aliphatic rings. The Bertz CT molecular complexity index is 959. The number of para-hydroxylation sites is 1. The lowest BCUT2D eigenvalue weighted by Crippen LogP contribution is -2.21. The van der Waals surface area contributed by atoms with Crippen LogP contribution < -0.4 is 0 Å². The minimum absolute atomic E-state index is 0.0319. The second-order valence-corrected chi connectivity index (χ2v) is 7.59. The number of hydrogen-bond donors (Lipinski definition) is 1. The lowest BCUT2D eigenvalue weighted by Gasteiger charge is -2.26. The van der Waals surface area contributed by atoms with Gasteiger partial charge in [0.2, 0.25) is 0 Å². The Morgan fingerprint density at radius 3 is 2.59 bits per heavy atom. The predicted molar refractivity (Wildman–Crippen MR) is 87.2 cm³/mol. The minimum Gasteiger partial charge on any atom is -0.282 e. The quantitative estimate of drug-likeness (QED) is 0.812. The largest absolute Gasteiger partial charge is 0.292 e. The van der Waals surface area contributed by atoms with Gasteiger partial charge in [-0.25, -0.2) is 4.99 Å². The highest BCUT2D eigenvalue weighted by molar-refractivity contribution is 8.05. The normalized spacial score (nSPS) is 16.5. The molecule has 1 N–H and O–H groups in total. The van der Waals surface area contributed by atoms with Crippen molar-refractivity contribution < 1.29 is 13.0 Å². The van der Waals surface area contributed by atoms with E-state index in [0.29, 0.717) is 10.6 Å². The summed E-state index contributed by atoms with van der Waals surface area (Å²) in [4.78, 5) is 6.08. The van der Waals surface area contributed by atoms with Crippen LogP contribution in [-0.2, 0) is 16.5 Å². The van der Waals surface area contributed by atoms with Crippen molar-refractivity contribution in [3.63, 3.8) is 0 Å². The van der Waals surface area contributed by atoms with Crippen molar-refractivity contribution in [1.82, 2.24) is 0 Å². The number of rotatable bonds is 1. The van der Waals surface area contributed by atoms with E-state index in [1.54, 1.807) is 0 Å². The summed E-state index contributed by atoms with van der Waals surface area (Å²) >= 11 is 1.35. The van der Waals surface area contributed by atoms with E-state index in [9.17, 15) is 13.0 Å². The Hall–Kier alpha value is -1.89. The SMILES string of the molecule is O=S(=O)(O)C1=C2Sc3ccccc3N=C2c2ccccc2C1. The summed E-state index contributed by atoms with van der Waals surface area (Å²) in [5.74, 6) is 0. The first-order chi connectivity index (χ1) is 10.5. The number of hydrogen-bond acceptors (Lipinski definition) is 4. The van der Waals surface area contributed by atoms with E-state index < -0.39 is 10.1 Å². The fraction of sp³-hybridized carbons (Fsp3) is 0.0625. The van der Waals surface area contributed by atoms with Gasteiger partial charge in [-0.05, 0) is 17.7 Å². The number of thioether (sulfide) groups is 1. The third-order valence-electron chi connectivity index (χ3n) is 3.71. The van der Waals surface area contributed by atoms with Gasteiger partial charge in [0.25, 0.3) is 10.1 Å². The first-order valence-electron chi connectivity index (χ1n) is 6.69. The molecule has 0 radical (unpaired) electrons. The summed E-state index contributed by atoms with van der Waals surface area (Å²) in [6.45, 7) is 0. The number of benzene rings is 2. The van der Waals surface area contributed by atoms with Gasteiger partial charge in [-0.3, -0.25) is 4.55 Å². The fourth-order valence-electron chi connectivity index (χ4n) is 2.70. The van der Waals surface area contributed by atoms with Crippen LogP contribution in [0.25, 0.3) is 0 Å². The van der Waals surface area contributed by atoms with E-state index in [1.807, 2.05) is 48.5 Å². The van der Waals surface area contributed by atoms with Crippen molar-refractivity contribution in [3.8, 4) is 0 Å². The number of fused-ring (bicyclic) bond motifs is 4. The third-order valence-corrected chi connectivity index (χ3v) is 6.02. The predicted octanol–water partition coefficient (Wildman–Crippen LogP) is 3.57. The molecule has 22 heavy (non-hydrogen) atoms. The maximum atomic E-state index is 11.8. The molecular formula is C16H11NO3S2. The van der Waals surface area contributed by atoms with Gasteiger partial charge in [-0.15, -0.1) is 0 Å². The maximum Gasteiger partial charge on any atom is 0.292 e. The highest BCUT2D eigenvalue weighted by atomic mass is 32.2. The second-order valence-electron chi connectivity index (χ2n) is 5.09. The molecule has 1 aliphatic carbocycles. The Labute approximate surface area is 132 Å². The molecule has 0 spiro atoms. The number of nitrogens with zero attached hydrogens (tertiary/aromatic N) is 1. The summed E-state index contributed by atoms with van der Waals surface area (Å²) in [6, 6.07) is 15.1. The Balaban J connectivity index is 2.05. The molecule has 110 valence electrons. The molecule has 6 heteroatoms. The van der Waals surface area contributed by atoms with Crippen molar-refractivity contribution in [2.24, 2.45) is 4.99 Å². The standard InChI is InChI=1S/C16H11NO3S2/c18-22(19,20)14-9-10-5-1-2-6-11(10)15-16(14)21-13-8-4-3-7-12(13)17-15/h1-8H,9H2,(H,18,19,20). The molecule has 1 aliphatic heterocycles. The van der Waals surface area contributed by atoms with Crippen LogP contribution in [0.4, 0.5) is 5.69 Å². The van der Waals surface area contributed by atoms with E-state index in [1.165, 1.54) is 11.8 Å². The molecule has 2 aromatic rings. The molecular weight excluding hydrogens is 318 g/mol. The molecule has 0 saturated heterocycles. The molecule has 0 aromatic heterocycles. The van der Waals surface area contributed by atoms with Crippen molar-refractivity contribution in [2.75, 3.05) is 0 Å². The minimum atomic E-state index is -4.26. The summed E-state index contributed by atoms with van der Waals surface area (Å²) < 4.78 is 33.2. The van der Waals surface area contributed by atoms with E-state index in [2.05, 4.69) is 4.99 Å². The first kappa shape index (κ1) is 13.8. The van der Waals surface area contributed by atoms with E-state index in [4.69, 9.17) is 0 Å². The van der Waals surface area contributed by atoms with Crippen LogP contribution in [0.15, 0.2) is 68.2 Å². The van der Waals surface area contributed by atoms with E-state index in [0.717, 1.165) is 21.7 Å². The van der Waals surface area contributed by atoms with Gasteiger partial charge in [-0.1, -0.05) is 48.2 Å². The summed E-state index contributed by atoms with van der Waals surface area (Å²) in [6.07, 6.45) is 0.193. The zero-order valence-electron chi connectivity index (χ0n) is 11.4. The Morgan fingerprint density at radius 2 is 1.77 bits per heavy atom. The highest BCUT2D eigenvalue weighted by Gasteiger charge is 2.33. The zero-order valence-corrected chi connectivity index (χ0v) is 13.0. The van der Waals surface area contributed by atoms with Crippen molar-refractivity contribution in [2.45, 2.75) is 11.3 Å². The third kappa shape index (κ3) is 2.11. The molecule has 0 saturated carbocycles. The Kier molecular flexibility index (Phi) is 3.00. The van der Waals surface area contributed by atoms with Crippen LogP contribution in [-0.4, -0.2) is 18.7 Å². The molecule has 2 aromatic carbocycles. The van der Waals surface area contributed by atoms with E-state index in [-0.39, 0.29) is 11.3 Å². The maximum absolute atomic E-state index is 11.8. The molecule has 4 nitrogen and oxygen atoms in total. The lowest BCUT2D eigenvalue weighted by molar-refractivity contribution is 0.489. The number of aliphatic imine (C=N–C) groups is 1. The van der Waals surface area contributed by atoms with Crippen LogP contribution in [0.3, 0.4) is 0 Å². The van der Waals surface area contributed by atoms with Gasteiger partial charge in [0.05, 0.1) is 21.2 Å². The van der Waals surface area contributed by atoms with Gasteiger partial charge < -0.3 is 0 Å². The van der Waals surface area contributed by atoms with Gasteiger partial charge in [0, 0.05) is 16.9 Å². The zero-order chi connectivity index (χ0) is 15.3. The van der Waals surface area contributed by atoms with Crippen LogP contribution in [0.5, 0.6) is 0 Å². The monoisotopic (exact) mass is 329 g/mol. The first-order valence-corrected chi connectivity index (χ1v) is 8.94. The average Bonchev–Trinajstić information content (AvgIpc) is 2.51. The smallest absolute Gasteiger partial charge is 0.282 e. The second kappa shape index (κ2) is 4.81. The lowest BCUT2D eigenvalue weighted by atomic mass is 9.94. The van der Waals surface area contributed by atoms with Gasteiger partial charge in [-0.2, -0.15) is 8.42 Å². The number of allylic oxidation sites excluding steroid dienone is 2. The van der Waals surface area contributed by atoms with Crippen LogP contribution in [0.2, 0.25) is 0 Å². The average molecular weight is 329 g/mol. The Morgan fingerprint density at radius 1 is 1.05 bits per heavy atom. The summed E-state index contributed by atoms with van der Waals surface area (Å²) in [7, 11) is -4.26. The van der Waals surface area contributed by atoms with Gasteiger partial charge in [0.1, 0.15) is 0 Å². The van der Waals surface area contributed by atoms with Crippen LogP contribution in [0.1, 0.15) is 11.1 Å². The highest BCUT2D eigenvalue weighted by Crippen LogP contribution is 2.46. The van der Waals surface area contributed by atoms with E-state index >= 15 is 0 Å². The molecule has 0 fully saturated rings. The van der Waals surface area contributed by atoms with Gasteiger partial charge in [0.15, 0.2) is 0 Å². The van der Waals surface area contributed by atoms with Crippen molar-refractivity contribution in [1.29, 1.82) is 0 Å². The fourth-order valence-corrected chi connectivity index (χ4v) is 4.84. The molecule has 1 heterocycles. The molecule has 0 atom stereocenters. The van der Waals surface area contributed by atoms with Gasteiger partial charge >= 0.3 is 0 Å². The summed E-state index contributed by atoms with van der Waals surface area (Å²) in [5.41, 5.74) is 3.22. The molecule has 4 rings (SSSR count). The molecule has 0 bridgehead atoms.